The van der Waals surface area contributed by atoms with Crippen molar-refractivity contribution in [2.24, 2.45) is 0 Å². The molecule has 0 amide bonds. The van der Waals surface area contributed by atoms with E-state index < -0.39 is 15.6 Å². The molecule has 0 saturated heterocycles. The predicted octanol–water partition coefficient (Wildman–Crippen LogP) is -7.73. The molecular weight excluding hydrogens is 938 g/mol. The zero-order chi connectivity index (χ0) is 9.00. The molecule has 0 N–H and O–H groups in total. The van der Waals surface area contributed by atoms with Gasteiger partial charge < -0.3 is 55.6 Å². The molecule has 0 bridgehead atoms. The fourth-order valence-corrected chi connectivity index (χ4v) is 0. The zero-order valence-corrected chi connectivity index (χ0v) is 40.3. The number of hydrogen-bond acceptors (Lipinski definition) is 8. The van der Waals surface area contributed by atoms with Gasteiger partial charge >= 0.3 is 352 Å². The minimum absolute atomic E-state index is 0. The first-order chi connectivity index (χ1) is 4.00. The maximum atomic E-state index is 8.55. The number of phosphoric acid groups is 2. The van der Waals surface area contributed by atoms with Gasteiger partial charge in [-0.25, -0.2) is 0 Å². The molecule has 0 aliphatic rings. The molecule has 0 unspecified atom stereocenters. The zero-order valence-electron chi connectivity index (χ0n) is 22.5. The Morgan fingerprint density at radius 1 is 0.526 bits per heavy atom. The summed E-state index contributed by atoms with van der Waals surface area (Å²) in [7, 11) is -10.8. The molecule has 0 atom stereocenters. The van der Waals surface area contributed by atoms with Crippen LogP contribution in [0.5, 0.6) is 0 Å². The average Bonchev–Trinajstić information content (AvgIpc) is 1.12. The first-order valence-corrected chi connectivity index (χ1v) is 4.38. The second-order valence-electron chi connectivity index (χ2n) is 0.894. The van der Waals surface area contributed by atoms with E-state index in [1.165, 1.54) is 0 Å². The number of rotatable bonds is 0. The Labute approximate surface area is 410 Å². The summed E-state index contributed by atoms with van der Waals surface area (Å²) in [5.41, 5.74) is 0. The SMILES string of the molecule is O=P([O-])([O-])[O-].O=P([O-])([O-])[O-].[Ba+2].[Ba+2].[Ba+2].[H-].[H-].[H-].[H-].[H-].[H-].[H-].[H-].[H-].[H-].[H-].[H-].[Mg+2].[Mg+2].[Mg+2].[Sr+2].[Sr+2].[Sr+2]. The summed E-state index contributed by atoms with van der Waals surface area (Å²) < 4.78 is 17.1. The van der Waals surface area contributed by atoms with Gasteiger partial charge in [0.25, 0.3) is 0 Å². The second-order valence-corrected chi connectivity index (χ2v) is 2.68. The van der Waals surface area contributed by atoms with E-state index in [1.54, 1.807) is 0 Å². The Morgan fingerprint density at radius 2 is 0.526 bits per heavy atom. The summed E-state index contributed by atoms with van der Waals surface area (Å²) in [6.45, 7) is 0. The van der Waals surface area contributed by atoms with E-state index in [4.69, 9.17) is 38.5 Å². The van der Waals surface area contributed by atoms with Gasteiger partial charge in [-0.05, 0) is 0 Å². The van der Waals surface area contributed by atoms with Crippen molar-refractivity contribution in [3.8, 4) is 0 Å². The molecule has 0 aromatic rings. The summed E-state index contributed by atoms with van der Waals surface area (Å²) in [6.07, 6.45) is 0. The van der Waals surface area contributed by atoms with Crippen molar-refractivity contribution in [2.75, 3.05) is 0 Å². The molecule has 0 aliphatic heterocycles. The Hall–Kier alpha value is 11.7. The van der Waals surface area contributed by atoms with Crippen molar-refractivity contribution < 1.29 is 55.6 Å². The summed E-state index contributed by atoms with van der Waals surface area (Å²) >= 11 is 0. The Kier molecular flexibility index (Phi) is 160. The molecule has 0 saturated carbocycles. The molecule has 19 heteroatoms. The summed E-state index contributed by atoms with van der Waals surface area (Å²) in [4.78, 5) is 51.3. The molecule has 0 aromatic carbocycles. The van der Waals surface area contributed by atoms with Crippen LogP contribution in [0.25, 0.3) is 0 Å². The smallest absolute Gasteiger partial charge is 1.00 e. The fourth-order valence-electron chi connectivity index (χ4n) is 0. The van der Waals surface area contributed by atoms with E-state index in [0.29, 0.717) is 0 Å². The van der Waals surface area contributed by atoms with Crippen LogP contribution in [0.4, 0.5) is 0 Å². The van der Waals surface area contributed by atoms with E-state index in [-0.39, 0.29) is 369 Å². The third-order valence-corrected chi connectivity index (χ3v) is 0. The maximum Gasteiger partial charge on any atom is 2.00 e. The van der Waals surface area contributed by atoms with Crippen LogP contribution in [0.15, 0.2) is 0 Å². The van der Waals surface area contributed by atoms with Crippen LogP contribution < -0.4 is 29.4 Å². The van der Waals surface area contributed by atoms with Gasteiger partial charge in [0.05, 0.1) is 0 Å². The molecule has 88 valence electrons. The molecule has 8 nitrogen and oxygen atoms in total. The van der Waals surface area contributed by atoms with Gasteiger partial charge in [0.15, 0.2) is 0 Å². The molecule has 0 fully saturated rings. The molecular formula is H12Ba3Mg3O8P2Sr3. The van der Waals surface area contributed by atoms with E-state index in [9.17, 15) is 0 Å². The standard InChI is InChI=1S/3Ba.3Mg.2H3O4P.3Sr.12H/c;;;;;;2*1-5(2,3)4;;;;;;;;;;;;;;;/h;;;;;;2*(H3,1,2,3,4);;;;;;;;;;;;;;;/q6*+2;;;3*+2;12*-1/p-6. The van der Waals surface area contributed by atoms with Gasteiger partial charge in [0.1, 0.15) is 0 Å². The summed E-state index contributed by atoms with van der Waals surface area (Å²) in [5, 5.41) is 0. The van der Waals surface area contributed by atoms with Gasteiger partial charge in [0.2, 0.25) is 0 Å². The molecule has 0 aliphatic carbocycles. The Morgan fingerprint density at radius 3 is 0.526 bits per heavy atom. The molecule has 0 radical (unpaired) electrons. The van der Waals surface area contributed by atoms with Gasteiger partial charge in [-0.1, -0.05) is 0 Å². The van der Waals surface area contributed by atoms with Crippen LogP contribution >= 0.6 is 15.6 Å². The van der Waals surface area contributed by atoms with Crippen molar-refractivity contribution in [3.63, 3.8) is 0 Å². The molecule has 0 aromatic heterocycles. The predicted molar refractivity (Wildman–Crippen MR) is 80.3 cm³/mol. The topological polar surface area (TPSA) is 172 Å². The summed E-state index contributed by atoms with van der Waals surface area (Å²) in [5.74, 6) is 0. The third kappa shape index (κ3) is 167. The van der Waals surface area contributed by atoms with Crippen LogP contribution in [-0.4, -0.2) is 352 Å². The fraction of sp³-hybridized carbons (Fsp3) is 0. The van der Waals surface area contributed by atoms with Crippen molar-refractivity contribution in [3.05, 3.63) is 0 Å². The van der Waals surface area contributed by atoms with Gasteiger partial charge in [-0.3, -0.25) is 0 Å². The van der Waals surface area contributed by atoms with Crippen LogP contribution in [0.3, 0.4) is 0 Å². The van der Waals surface area contributed by atoms with Crippen molar-refractivity contribution in [1.82, 2.24) is 0 Å². The normalized spacial score (nSPS) is 6.21. The first kappa shape index (κ1) is 69.8. The van der Waals surface area contributed by atoms with Crippen molar-refractivity contribution in [2.45, 2.75) is 0 Å². The molecule has 0 rings (SSSR count). The van der Waals surface area contributed by atoms with Crippen LogP contribution in [0.1, 0.15) is 17.1 Å². The van der Waals surface area contributed by atoms with Gasteiger partial charge in [0, 0.05) is 0 Å². The largest absolute Gasteiger partial charge is 2.00 e. The third-order valence-electron chi connectivity index (χ3n) is 0. The van der Waals surface area contributed by atoms with Crippen LogP contribution in [-0.2, 0) is 9.13 Å². The van der Waals surface area contributed by atoms with E-state index in [1.807, 2.05) is 0 Å². The minimum atomic E-state index is -5.39. The average molecular weight is 950 g/mol. The minimum Gasteiger partial charge on any atom is -1.00 e. The van der Waals surface area contributed by atoms with Gasteiger partial charge in [-0.15, -0.1) is 0 Å². The molecule has 0 heterocycles. The summed E-state index contributed by atoms with van der Waals surface area (Å²) in [6, 6.07) is 0. The van der Waals surface area contributed by atoms with Gasteiger partial charge in [-0.2, -0.15) is 15.6 Å². The first-order valence-electron chi connectivity index (χ1n) is 1.46. The monoisotopic (exact) mass is 951 g/mol. The van der Waals surface area contributed by atoms with E-state index in [2.05, 4.69) is 0 Å². The molecule has 0 spiro atoms. The van der Waals surface area contributed by atoms with Crippen LogP contribution in [0, 0.1) is 0 Å². The van der Waals surface area contributed by atoms with Crippen molar-refractivity contribution >= 4 is 368 Å². The number of hydrogen-bond donors (Lipinski definition) is 0. The van der Waals surface area contributed by atoms with Crippen LogP contribution in [0.2, 0.25) is 0 Å². The molecule has 19 heavy (non-hydrogen) atoms. The van der Waals surface area contributed by atoms with E-state index >= 15 is 0 Å². The Bertz CT molecular complexity index is 183. The maximum absolute atomic E-state index is 8.55. The second kappa shape index (κ2) is 43.5. The Balaban J connectivity index is -0.00000000117. The van der Waals surface area contributed by atoms with Crippen molar-refractivity contribution in [1.29, 1.82) is 0 Å². The quantitative estimate of drug-likeness (QED) is 0.170. The van der Waals surface area contributed by atoms with E-state index in [0.717, 1.165) is 0 Å².